The van der Waals surface area contributed by atoms with Gasteiger partial charge in [0.15, 0.2) is 0 Å². The molecule has 1 N–H and O–H groups in total. The molecule has 27 heavy (non-hydrogen) atoms. The molecule has 8 heteroatoms. The van der Waals surface area contributed by atoms with Crippen LogP contribution in [0.3, 0.4) is 0 Å². The van der Waals surface area contributed by atoms with Crippen LogP contribution in [0.4, 0.5) is 0 Å². The van der Waals surface area contributed by atoms with Crippen molar-refractivity contribution in [2.24, 2.45) is 0 Å². The van der Waals surface area contributed by atoms with Crippen LogP contribution in [0.1, 0.15) is 51.4 Å². The average molecular weight is 376 g/mol. The highest BCUT2D eigenvalue weighted by atomic mass is 16.8. The third-order valence-corrected chi connectivity index (χ3v) is 5.27. The number of aliphatic hydroxyl groups excluding tert-OH is 1. The van der Waals surface area contributed by atoms with Crippen LogP contribution in [-0.2, 0) is 33.3 Å². The van der Waals surface area contributed by atoms with Crippen LogP contribution in [-0.4, -0.2) is 34.6 Å². The summed E-state index contributed by atoms with van der Waals surface area (Å²) in [5.74, 6) is -4.97. The molecule has 0 bridgehead atoms. The predicted molar refractivity (Wildman–Crippen MR) is 88.6 cm³/mol. The highest BCUT2D eigenvalue weighted by Crippen LogP contribution is 2.40. The molecule has 0 aromatic carbocycles. The van der Waals surface area contributed by atoms with Crippen molar-refractivity contribution in [1.29, 1.82) is 0 Å². The summed E-state index contributed by atoms with van der Waals surface area (Å²) < 4.78 is 21.3. The van der Waals surface area contributed by atoms with E-state index in [1.54, 1.807) is 0 Å². The Kier molecular flexibility index (Phi) is 4.20. The van der Waals surface area contributed by atoms with Gasteiger partial charge >= 0.3 is 17.9 Å². The Balaban J connectivity index is 1.49. The van der Waals surface area contributed by atoms with Crippen molar-refractivity contribution in [3.63, 3.8) is 0 Å². The quantitative estimate of drug-likeness (QED) is 0.445. The second kappa shape index (κ2) is 6.44. The molecule has 0 aromatic rings. The average Bonchev–Trinajstić information content (AvgIpc) is 3.22. The van der Waals surface area contributed by atoms with Crippen LogP contribution in [0.5, 0.6) is 0 Å². The fourth-order valence-electron chi connectivity index (χ4n) is 3.87. The molecule has 8 nitrogen and oxygen atoms in total. The lowest BCUT2D eigenvalue weighted by atomic mass is 10.1. The van der Waals surface area contributed by atoms with Crippen molar-refractivity contribution in [3.05, 3.63) is 35.3 Å². The minimum absolute atomic E-state index is 0.186. The van der Waals surface area contributed by atoms with E-state index in [0.29, 0.717) is 25.7 Å². The van der Waals surface area contributed by atoms with Gasteiger partial charge in [-0.05, 0) is 37.8 Å². The van der Waals surface area contributed by atoms with Gasteiger partial charge in [0.2, 0.25) is 0 Å². The first kappa shape index (κ1) is 17.6. The van der Waals surface area contributed by atoms with E-state index < -0.39 is 35.4 Å². The van der Waals surface area contributed by atoms with Crippen molar-refractivity contribution in [2.45, 2.75) is 62.9 Å². The molecule has 2 heterocycles. The highest BCUT2D eigenvalue weighted by Gasteiger charge is 2.48. The van der Waals surface area contributed by atoms with E-state index in [2.05, 4.69) is 0 Å². The summed E-state index contributed by atoms with van der Waals surface area (Å²) in [4.78, 5) is 36.5. The Labute approximate surface area is 155 Å². The van der Waals surface area contributed by atoms with Crippen LogP contribution in [0.15, 0.2) is 35.3 Å². The van der Waals surface area contributed by atoms with E-state index in [0.717, 1.165) is 25.7 Å². The second-order valence-corrected chi connectivity index (χ2v) is 7.16. The number of ether oxygens (including phenoxy) is 4. The van der Waals surface area contributed by atoms with Crippen molar-refractivity contribution < 1.29 is 38.4 Å². The largest absolute Gasteiger partial charge is 0.480 e. The summed E-state index contributed by atoms with van der Waals surface area (Å²) in [6.07, 6.45) is 9.09. The molecule has 0 amide bonds. The smallest absolute Gasteiger partial charge is 0.348 e. The van der Waals surface area contributed by atoms with Crippen LogP contribution in [0, 0.1) is 0 Å². The van der Waals surface area contributed by atoms with Gasteiger partial charge < -0.3 is 24.1 Å². The first-order valence-electron chi connectivity index (χ1n) is 9.13. The maximum Gasteiger partial charge on any atom is 0.348 e. The van der Waals surface area contributed by atoms with Crippen LogP contribution < -0.4 is 0 Å². The second-order valence-electron chi connectivity index (χ2n) is 7.16. The third-order valence-electron chi connectivity index (χ3n) is 5.27. The van der Waals surface area contributed by atoms with Gasteiger partial charge in [-0.25, -0.2) is 14.4 Å². The van der Waals surface area contributed by atoms with Gasteiger partial charge in [0.05, 0.1) is 0 Å². The molecular weight excluding hydrogens is 356 g/mol. The van der Waals surface area contributed by atoms with Crippen LogP contribution in [0.25, 0.3) is 0 Å². The van der Waals surface area contributed by atoms with Gasteiger partial charge in [-0.1, -0.05) is 6.08 Å². The molecule has 0 atom stereocenters. The molecule has 0 aromatic heterocycles. The van der Waals surface area contributed by atoms with E-state index in [1.165, 1.54) is 18.2 Å². The van der Waals surface area contributed by atoms with Gasteiger partial charge in [-0.15, -0.1) is 0 Å². The zero-order chi connectivity index (χ0) is 19.1. The maximum atomic E-state index is 12.2. The lowest BCUT2D eigenvalue weighted by Crippen LogP contribution is -2.44. The summed E-state index contributed by atoms with van der Waals surface area (Å²) in [7, 11) is 0. The molecule has 1 saturated heterocycles. The van der Waals surface area contributed by atoms with Crippen LogP contribution >= 0.6 is 0 Å². The molecular formula is C19H20O8. The van der Waals surface area contributed by atoms with Gasteiger partial charge in [0, 0.05) is 25.7 Å². The highest BCUT2D eigenvalue weighted by molar-refractivity contribution is 6.15. The van der Waals surface area contributed by atoms with Crippen LogP contribution in [0.2, 0.25) is 0 Å². The zero-order valence-electron chi connectivity index (χ0n) is 14.7. The molecule has 2 spiro atoms. The molecule has 4 aliphatic rings. The van der Waals surface area contributed by atoms with Crippen molar-refractivity contribution in [3.8, 4) is 0 Å². The van der Waals surface area contributed by atoms with Gasteiger partial charge in [-0.2, -0.15) is 0 Å². The monoisotopic (exact) mass is 376 g/mol. The summed E-state index contributed by atoms with van der Waals surface area (Å²) in [6, 6.07) is 0. The SMILES string of the molecule is O=C1OC2(CCCC2)OC(=O)C1=CC=CC1=C(O)OC2(CCCC2)OC1=O. The van der Waals surface area contributed by atoms with E-state index in [9.17, 15) is 19.5 Å². The zero-order valence-corrected chi connectivity index (χ0v) is 14.7. The fourth-order valence-corrected chi connectivity index (χ4v) is 3.87. The standard InChI is InChI=1S/C19H20O8/c20-14-12(15(21)25-18(24-14)8-1-2-9-18)6-5-7-13-16(22)26-19(27-17(13)23)10-3-4-11-19/h5-7,20H,1-4,8-11H2. The topological polar surface area (TPSA) is 108 Å². The Morgan fingerprint density at radius 1 is 0.741 bits per heavy atom. The van der Waals surface area contributed by atoms with Gasteiger partial charge in [-0.3, -0.25) is 0 Å². The lowest BCUT2D eigenvalue weighted by molar-refractivity contribution is -0.235. The number of esters is 3. The normalized spacial score (nSPS) is 26.4. The molecule has 144 valence electrons. The van der Waals surface area contributed by atoms with Crippen molar-refractivity contribution >= 4 is 17.9 Å². The number of hydrogen-bond donors (Lipinski definition) is 1. The number of carbonyl (C=O) groups is 3. The van der Waals surface area contributed by atoms with E-state index in [-0.39, 0.29) is 11.1 Å². The molecule has 4 rings (SSSR count). The van der Waals surface area contributed by atoms with E-state index >= 15 is 0 Å². The third kappa shape index (κ3) is 3.20. The first-order valence-corrected chi connectivity index (χ1v) is 9.13. The maximum absolute atomic E-state index is 12.2. The molecule has 0 unspecified atom stereocenters. The van der Waals surface area contributed by atoms with Crippen molar-refractivity contribution in [1.82, 2.24) is 0 Å². The van der Waals surface area contributed by atoms with E-state index in [4.69, 9.17) is 18.9 Å². The Morgan fingerprint density at radius 3 is 1.74 bits per heavy atom. The molecule has 2 aliphatic carbocycles. The molecule has 2 saturated carbocycles. The number of hydrogen-bond acceptors (Lipinski definition) is 8. The summed E-state index contributed by atoms with van der Waals surface area (Å²) >= 11 is 0. The molecule has 0 radical (unpaired) electrons. The lowest BCUT2D eigenvalue weighted by Gasteiger charge is -2.33. The number of aliphatic hydroxyl groups is 1. The Morgan fingerprint density at radius 2 is 1.22 bits per heavy atom. The Hall–Kier alpha value is -2.77. The Bertz CT molecular complexity index is 754. The van der Waals surface area contributed by atoms with Crippen molar-refractivity contribution in [2.75, 3.05) is 0 Å². The summed E-state index contributed by atoms with van der Waals surface area (Å²) in [5, 5.41) is 10.0. The summed E-state index contributed by atoms with van der Waals surface area (Å²) in [5.41, 5.74) is -0.463. The molecule has 3 fully saturated rings. The van der Waals surface area contributed by atoms with Gasteiger partial charge in [0.25, 0.3) is 17.5 Å². The predicted octanol–water partition coefficient (Wildman–Crippen LogP) is 2.45. The minimum atomic E-state index is -1.13. The van der Waals surface area contributed by atoms with Gasteiger partial charge in [0.1, 0.15) is 11.1 Å². The fraction of sp³-hybridized carbons (Fsp3) is 0.526. The van der Waals surface area contributed by atoms with E-state index in [1.807, 2.05) is 0 Å². The minimum Gasteiger partial charge on any atom is -0.480 e. The number of carbonyl (C=O) groups excluding carboxylic acids is 3. The molecule has 2 aliphatic heterocycles. The number of allylic oxidation sites excluding steroid dienone is 2. The first-order chi connectivity index (χ1) is 12.9. The number of rotatable bonds is 2. The summed E-state index contributed by atoms with van der Waals surface area (Å²) in [6.45, 7) is 0.